The quantitative estimate of drug-likeness (QED) is 0.896. The van der Waals surface area contributed by atoms with Crippen LogP contribution in [0.15, 0.2) is 24.4 Å². The minimum absolute atomic E-state index is 0.126. The van der Waals surface area contributed by atoms with Crippen LogP contribution in [0, 0.1) is 20.8 Å². The van der Waals surface area contributed by atoms with E-state index in [0.29, 0.717) is 5.82 Å². The summed E-state index contributed by atoms with van der Waals surface area (Å²) in [4.78, 5) is 15.9. The van der Waals surface area contributed by atoms with E-state index < -0.39 is 0 Å². The minimum atomic E-state index is -0.126. The summed E-state index contributed by atoms with van der Waals surface area (Å²) in [5, 5.41) is 7.00. The highest BCUT2D eigenvalue weighted by Gasteiger charge is 2.07. The number of aromatic nitrogens is 3. The Hall–Kier alpha value is -2.17. The maximum absolute atomic E-state index is 11.8. The molecule has 0 saturated carbocycles. The molecule has 2 aromatic heterocycles. The fourth-order valence-corrected chi connectivity index (χ4v) is 1.76. The second-order valence-electron chi connectivity index (χ2n) is 4.35. The SMILES string of the molecule is Cc1ccnc(NC(=O)Cn2nc(C)cc2C)c1. The van der Waals surface area contributed by atoms with Gasteiger partial charge in [-0.3, -0.25) is 9.48 Å². The highest BCUT2D eigenvalue weighted by Crippen LogP contribution is 2.06. The van der Waals surface area contributed by atoms with E-state index in [1.807, 2.05) is 39.0 Å². The molecule has 0 aliphatic heterocycles. The van der Waals surface area contributed by atoms with Crippen molar-refractivity contribution in [3.05, 3.63) is 41.3 Å². The molecule has 2 rings (SSSR count). The third-order valence-corrected chi connectivity index (χ3v) is 2.58. The third kappa shape index (κ3) is 2.94. The number of hydrogen-bond donors (Lipinski definition) is 1. The zero-order valence-corrected chi connectivity index (χ0v) is 10.8. The van der Waals surface area contributed by atoms with Crippen molar-refractivity contribution in [3.63, 3.8) is 0 Å². The summed E-state index contributed by atoms with van der Waals surface area (Å²) in [6.07, 6.45) is 1.67. The lowest BCUT2D eigenvalue weighted by Crippen LogP contribution is -2.20. The van der Waals surface area contributed by atoms with Gasteiger partial charge in [0.05, 0.1) is 5.69 Å². The van der Waals surface area contributed by atoms with Gasteiger partial charge in [0.2, 0.25) is 5.91 Å². The van der Waals surface area contributed by atoms with E-state index in [9.17, 15) is 4.79 Å². The first-order valence-corrected chi connectivity index (χ1v) is 5.78. The van der Waals surface area contributed by atoms with Crippen LogP contribution in [0.4, 0.5) is 5.82 Å². The van der Waals surface area contributed by atoms with Crippen molar-refractivity contribution >= 4 is 11.7 Å². The Morgan fingerprint density at radius 3 is 2.72 bits per heavy atom. The molecule has 0 spiro atoms. The molecule has 0 radical (unpaired) electrons. The molecule has 0 bridgehead atoms. The first-order valence-electron chi connectivity index (χ1n) is 5.78. The lowest BCUT2D eigenvalue weighted by atomic mass is 10.3. The second-order valence-corrected chi connectivity index (χ2v) is 4.35. The van der Waals surface area contributed by atoms with Gasteiger partial charge in [0, 0.05) is 11.9 Å². The van der Waals surface area contributed by atoms with E-state index >= 15 is 0 Å². The Morgan fingerprint density at radius 1 is 1.33 bits per heavy atom. The first kappa shape index (κ1) is 12.3. The topological polar surface area (TPSA) is 59.8 Å². The van der Waals surface area contributed by atoms with Crippen molar-refractivity contribution in [2.45, 2.75) is 27.3 Å². The van der Waals surface area contributed by atoms with Crippen LogP contribution >= 0.6 is 0 Å². The average molecular weight is 244 g/mol. The zero-order valence-electron chi connectivity index (χ0n) is 10.8. The molecular weight excluding hydrogens is 228 g/mol. The van der Waals surface area contributed by atoms with E-state index in [0.717, 1.165) is 17.0 Å². The van der Waals surface area contributed by atoms with Gasteiger partial charge in [-0.05, 0) is 44.5 Å². The fourth-order valence-electron chi connectivity index (χ4n) is 1.76. The molecule has 94 valence electrons. The van der Waals surface area contributed by atoms with E-state index in [-0.39, 0.29) is 12.5 Å². The summed E-state index contributed by atoms with van der Waals surface area (Å²) in [6, 6.07) is 5.66. The predicted molar refractivity (Wildman–Crippen MR) is 69.3 cm³/mol. The summed E-state index contributed by atoms with van der Waals surface area (Å²) in [6.45, 7) is 6.00. The van der Waals surface area contributed by atoms with Gasteiger partial charge in [0.25, 0.3) is 0 Å². The molecule has 0 atom stereocenters. The zero-order chi connectivity index (χ0) is 13.1. The number of nitrogens with one attached hydrogen (secondary N) is 1. The van der Waals surface area contributed by atoms with Crippen molar-refractivity contribution in [2.24, 2.45) is 0 Å². The van der Waals surface area contributed by atoms with Crippen molar-refractivity contribution in [1.29, 1.82) is 0 Å². The lowest BCUT2D eigenvalue weighted by molar-refractivity contribution is -0.117. The van der Waals surface area contributed by atoms with Gasteiger partial charge in [-0.15, -0.1) is 0 Å². The van der Waals surface area contributed by atoms with Crippen LogP contribution < -0.4 is 5.32 Å². The van der Waals surface area contributed by atoms with Crippen LogP contribution in [0.2, 0.25) is 0 Å². The number of rotatable bonds is 3. The van der Waals surface area contributed by atoms with Crippen molar-refractivity contribution in [3.8, 4) is 0 Å². The van der Waals surface area contributed by atoms with Crippen LogP contribution in [0.25, 0.3) is 0 Å². The van der Waals surface area contributed by atoms with Crippen molar-refractivity contribution in [2.75, 3.05) is 5.32 Å². The van der Waals surface area contributed by atoms with Gasteiger partial charge >= 0.3 is 0 Å². The smallest absolute Gasteiger partial charge is 0.247 e. The van der Waals surface area contributed by atoms with E-state index in [2.05, 4.69) is 15.4 Å². The normalized spacial score (nSPS) is 10.4. The van der Waals surface area contributed by atoms with E-state index in [1.165, 1.54) is 0 Å². The van der Waals surface area contributed by atoms with Gasteiger partial charge < -0.3 is 5.32 Å². The molecule has 0 unspecified atom stereocenters. The molecule has 2 aromatic rings. The summed E-state index contributed by atoms with van der Waals surface area (Å²) >= 11 is 0. The number of anilines is 1. The highest BCUT2D eigenvalue weighted by atomic mass is 16.2. The largest absolute Gasteiger partial charge is 0.309 e. The highest BCUT2D eigenvalue weighted by molar-refractivity contribution is 5.89. The van der Waals surface area contributed by atoms with Crippen molar-refractivity contribution < 1.29 is 4.79 Å². The molecule has 0 aliphatic carbocycles. The molecule has 5 heteroatoms. The molecule has 0 aromatic carbocycles. The summed E-state index contributed by atoms with van der Waals surface area (Å²) < 4.78 is 1.68. The predicted octanol–water partition coefficient (Wildman–Crippen LogP) is 1.84. The summed E-state index contributed by atoms with van der Waals surface area (Å²) in [7, 11) is 0. The molecule has 1 amide bonds. The van der Waals surface area contributed by atoms with Crippen LogP contribution in [0.5, 0.6) is 0 Å². The van der Waals surface area contributed by atoms with Gasteiger partial charge in [-0.1, -0.05) is 0 Å². The van der Waals surface area contributed by atoms with Crippen LogP contribution in [-0.2, 0) is 11.3 Å². The Morgan fingerprint density at radius 2 is 2.11 bits per heavy atom. The molecule has 18 heavy (non-hydrogen) atoms. The summed E-state index contributed by atoms with van der Waals surface area (Å²) in [5.41, 5.74) is 2.94. The standard InChI is InChI=1S/C13H16N4O/c1-9-4-5-14-12(6-9)15-13(18)8-17-11(3)7-10(2)16-17/h4-7H,8H2,1-3H3,(H,14,15,18). The monoisotopic (exact) mass is 244 g/mol. The average Bonchev–Trinajstić information content (AvgIpc) is 2.57. The summed E-state index contributed by atoms with van der Waals surface area (Å²) in [5.74, 6) is 0.445. The number of carbonyl (C=O) groups excluding carboxylic acids is 1. The number of hydrogen-bond acceptors (Lipinski definition) is 3. The molecule has 1 N–H and O–H groups in total. The molecule has 2 heterocycles. The number of pyridine rings is 1. The molecular formula is C13H16N4O. The Labute approximate surface area is 106 Å². The van der Waals surface area contributed by atoms with Gasteiger partial charge in [0.15, 0.2) is 0 Å². The molecule has 0 fully saturated rings. The van der Waals surface area contributed by atoms with Crippen LogP contribution in [0.3, 0.4) is 0 Å². The Balaban J connectivity index is 2.03. The third-order valence-electron chi connectivity index (χ3n) is 2.58. The molecule has 0 saturated heterocycles. The van der Waals surface area contributed by atoms with E-state index in [4.69, 9.17) is 0 Å². The number of carbonyl (C=O) groups is 1. The van der Waals surface area contributed by atoms with Crippen LogP contribution in [-0.4, -0.2) is 20.7 Å². The lowest BCUT2D eigenvalue weighted by Gasteiger charge is -2.06. The maximum Gasteiger partial charge on any atom is 0.247 e. The minimum Gasteiger partial charge on any atom is -0.309 e. The molecule has 5 nitrogen and oxygen atoms in total. The number of nitrogens with zero attached hydrogens (tertiary/aromatic N) is 3. The Kier molecular flexibility index (Phi) is 3.41. The van der Waals surface area contributed by atoms with Gasteiger partial charge in [-0.2, -0.15) is 5.10 Å². The fraction of sp³-hybridized carbons (Fsp3) is 0.308. The van der Waals surface area contributed by atoms with Crippen LogP contribution in [0.1, 0.15) is 17.0 Å². The van der Waals surface area contributed by atoms with Crippen molar-refractivity contribution in [1.82, 2.24) is 14.8 Å². The first-order chi connectivity index (χ1) is 8.54. The van der Waals surface area contributed by atoms with Gasteiger partial charge in [-0.25, -0.2) is 4.98 Å². The maximum atomic E-state index is 11.8. The number of amides is 1. The van der Waals surface area contributed by atoms with Gasteiger partial charge in [0.1, 0.15) is 12.4 Å². The van der Waals surface area contributed by atoms with E-state index in [1.54, 1.807) is 10.9 Å². The Bertz CT molecular complexity index is 574. The molecule has 0 aliphatic rings. The number of aryl methyl sites for hydroxylation is 3. The second kappa shape index (κ2) is 5.00.